The van der Waals surface area contributed by atoms with E-state index in [1.807, 2.05) is 31.3 Å². The van der Waals surface area contributed by atoms with Crippen molar-refractivity contribution in [2.24, 2.45) is 5.92 Å². The van der Waals surface area contributed by atoms with E-state index in [9.17, 15) is 9.59 Å². The number of aromatic nitrogens is 1. The lowest BCUT2D eigenvalue weighted by Gasteiger charge is -2.31. The molecule has 1 aromatic heterocycles. The molecule has 0 radical (unpaired) electrons. The van der Waals surface area contributed by atoms with Crippen LogP contribution in [-0.2, 0) is 6.54 Å². The number of anilines is 2. The quantitative estimate of drug-likeness (QED) is 0.657. The second-order valence-electron chi connectivity index (χ2n) is 8.68. The summed E-state index contributed by atoms with van der Waals surface area (Å²) in [5, 5.41) is 6.26. The van der Waals surface area contributed by atoms with Gasteiger partial charge in [0.1, 0.15) is 0 Å². The predicted molar refractivity (Wildman–Crippen MR) is 125 cm³/mol. The van der Waals surface area contributed by atoms with Gasteiger partial charge in [0.2, 0.25) is 0 Å². The maximum Gasteiger partial charge on any atom is 0.325 e. The van der Waals surface area contributed by atoms with Crippen molar-refractivity contribution in [3.63, 3.8) is 0 Å². The molecular weight excluding hydrogens is 410 g/mol. The van der Waals surface area contributed by atoms with Crippen LogP contribution in [-0.4, -0.2) is 59.8 Å². The van der Waals surface area contributed by atoms with Crippen LogP contribution in [0.4, 0.5) is 15.6 Å². The summed E-state index contributed by atoms with van der Waals surface area (Å²) < 4.78 is 0. The van der Waals surface area contributed by atoms with E-state index in [0.717, 1.165) is 68.8 Å². The van der Waals surface area contributed by atoms with E-state index in [1.165, 1.54) is 11.3 Å². The second-order valence-corrected chi connectivity index (χ2v) is 9.80. The summed E-state index contributed by atoms with van der Waals surface area (Å²) in [7, 11) is 2.14. The number of hydrogen-bond acceptors (Lipinski definition) is 6. The topological polar surface area (TPSA) is 77.6 Å². The Morgan fingerprint density at radius 1 is 1.13 bits per heavy atom. The van der Waals surface area contributed by atoms with Crippen molar-refractivity contribution in [1.29, 1.82) is 0 Å². The summed E-state index contributed by atoms with van der Waals surface area (Å²) in [6.07, 6.45) is 5.92. The van der Waals surface area contributed by atoms with E-state index in [4.69, 9.17) is 0 Å². The first-order valence-electron chi connectivity index (χ1n) is 11.1. The van der Waals surface area contributed by atoms with Crippen LogP contribution in [0, 0.1) is 12.8 Å². The Morgan fingerprint density at radius 3 is 2.61 bits per heavy atom. The molecule has 1 saturated carbocycles. The van der Waals surface area contributed by atoms with Gasteiger partial charge in [0.15, 0.2) is 10.9 Å². The van der Waals surface area contributed by atoms with E-state index in [0.29, 0.717) is 16.4 Å². The molecule has 0 bridgehead atoms. The van der Waals surface area contributed by atoms with Gasteiger partial charge in [-0.25, -0.2) is 9.78 Å². The third-order valence-electron chi connectivity index (χ3n) is 6.16. The Morgan fingerprint density at radius 2 is 1.87 bits per heavy atom. The molecule has 0 atom stereocenters. The average molecular weight is 442 g/mol. The van der Waals surface area contributed by atoms with E-state index in [1.54, 1.807) is 0 Å². The minimum atomic E-state index is -0.371. The Balaban J connectivity index is 1.37. The number of ketones is 1. The molecule has 2 heterocycles. The highest BCUT2D eigenvalue weighted by Crippen LogP contribution is 2.31. The van der Waals surface area contributed by atoms with Crippen molar-refractivity contribution in [3.05, 3.63) is 40.4 Å². The maximum atomic E-state index is 13.0. The molecule has 2 aromatic rings. The smallest absolute Gasteiger partial charge is 0.307 e. The molecule has 1 aromatic carbocycles. The molecule has 166 valence electrons. The van der Waals surface area contributed by atoms with Gasteiger partial charge < -0.3 is 10.2 Å². The fraction of sp³-hybridized carbons (Fsp3) is 0.522. The largest absolute Gasteiger partial charge is 0.325 e. The fourth-order valence-electron chi connectivity index (χ4n) is 4.29. The van der Waals surface area contributed by atoms with Crippen molar-refractivity contribution < 1.29 is 9.59 Å². The van der Waals surface area contributed by atoms with Gasteiger partial charge in [0.25, 0.3) is 0 Å². The molecule has 4 rings (SSSR count). The number of carbonyl (C=O) groups is 2. The fourth-order valence-corrected chi connectivity index (χ4v) is 5.14. The Bertz CT molecular complexity index is 930. The number of amides is 2. The molecule has 2 amide bonds. The summed E-state index contributed by atoms with van der Waals surface area (Å²) >= 11 is 1.49. The van der Waals surface area contributed by atoms with Crippen LogP contribution in [0.2, 0.25) is 0 Å². The van der Waals surface area contributed by atoms with Gasteiger partial charge in [-0.15, -0.1) is 11.3 Å². The van der Waals surface area contributed by atoms with E-state index >= 15 is 0 Å². The number of urea groups is 1. The summed E-state index contributed by atoms with van der Waals surface area (Å²) in [6.45, 7) is 7.06. The SMILES string of the molecule is Cc1ccc(NC(=O)Nc2ncc(CN3CCN(C)CC3)s2)c(C(=O)C2CCCC2)c1. The van der Waals surface area contributed by atoms with Crippen LogP contribution in [0.5, 0.6) is 0 Å². The van der Waals surface area contributed by atoms with Crippen LogP contribution in [0.3, 0.4) is 0 Å². The predicted octanol–water partition coefficient (Wildman–Crippen LogP) is 4.22. The number of nitrogens with one attached hydrogen (secondary N) is 2. The standard InChI is InChI=1S/C23H31N5O2S/c1-16-7-8-20(19(13-16)21(29)17-5-3-4-6-17)25-22(30)26-23-24-14-18(31-23)15-28-11-9-27(2)10-12-28/h7-8,13-14,17H,3-6,9-12,15H2,1-2H3,(H2,24,25,26,30). The molecule has 1 aliphatic carbocycles. The highest BCUT2D eigenvalue weighted by molar-refractivity contribution is 7.15. The monoisotopic (exact) mass is 441 g/mol. The van der Waals surface area contributed by atoms with Gasteiger partial charge >= 0.3 is 6.03 Å². The molecule has 0 unspecified atom stereocenters. The number of piperazine rings is 1. The Labute approximate surface area is 187 Å². The first-order chi connectivity index (χ1) is 15.0. The third-order valence-corrected chi connectivity index (χ3v) is 7.06. The molecule has 7 nitrogen and oxygen atoms in total. The van der Waals surface area contributed by atoms with Crippen molar-refractivity contribution in [1.82, 2.24) is 14.8 Å². The molecular formula is C23H31N5O2S. The van der Waals surface area contributed by atoms with Gasteiger partial charge in [0, 0.05) is 55.3 Å². The minimum Gasteiger partial charge on any atom is -0.307 e. The number of thiazole rings is 1. The summed E-state index contributed by atoms with van der Waals surface area (Å²) in [6, 6.07) is 5.24. The summed E-state index contributed by atoms with van der Waals surface area (Å²) in [5.41, 5.74) is 2.19. The van der Waals surface area contributed by atoms with Gasteiger partial charge in [-0.3, -0.25) is 15.0 Å². The van der Waals surface area contributed by atoms with Gasteiger partial charge in [-0.05, 0) is 38.9 Å². The zero-order valence-electron chi connectivity index (χ0n) is 18.3. The Hall–Kier alpha value is -2.29. The third kappa shape index (κ3) is 5.70. The maximum absolute atomic E-state index is 13.0. The first-order valence-corrected chi connectivity index (χ1v) is 11.9. The molecule has 2 fully saturated rings. The van der Waals surface area contributed by atoms with Crippen LogP contribution in [0.25, 0.3) is 0 Å². The number of Topliss-reactive ketones (excluding diaryl/α,β-unsaturated/α-hetero) is 1. The van der Waals surface area contributed by atoms with Gasteiger partial charge in [-0.2, -0.15) is 0 Å². The van der Waals surface area contributed by atoms with Crippen molar-refractivity contribution in [2.45, 2.75) is 39.2 Å². The number of carbonyl (C=O) groups excluding carboxylic acids is 2. The lowest BCUT2D eigenvalue weighted by molar-refractivity contribution is 0.0923. The van der Waals surface area contributed by atoms with Crippen LogP contribution >= 0.6 is 11.3 Å². The van der Waals surface area contributed by atoms with Crippen LogP contribution in [0.1, 0.15) is 46.5 Å². The number of benzene rings is 1. The van der Waals surface area contributed by atoms with E-state index in [2.05, 4.69) is 32.5 Å². The minimum absolute atomic E-state index is 0.0708. The summed E-state index contributed by atoms with van der Waals surface area (Å²) in [5.74, 6) is 0.210. The molecule has 8 heteroatoms. The molecule has 2 N–H and O–H groups in total. The second kappa shape index (κ2) is 9.89. The number of rotatable bonds is 6. The van der Waals surface area contributed by atoms with Crippen molar-refractivity contribution >= 4 is 34.0 Å². The number of nitrogens with zero attached hydrogens (tertiary/aromatic N) is 3. The van der Waals surface area contributed by atoms with Gasteiger partial charge in [0.05, 0.1) is 5.69 Å². The zero-order chi connectivity index (χ0) is 21.8. The molecule has 2 aliphatic rings. The van der Waals surface area contributed by atoms with E-state index in [-0.39, 0.29) is 17.7 Å². The Kier molecular flexibility index (Phi) is 6.99. The van der Waals surface area contributed by atoms with Gasteiger partial charge in [-0.1, -0.05) is 24.5 Å². The highest BCUT2D eigenvalue weighted by Gasteiger charge is 2.26. The van der Waals surface area contributed by atoms with Crippen molar-refractivity contribution in [2.75, 3.05) is 43.9 Å². The van der Waals surface area contributed by atoms with Crippen LogP contribution in [0.15, 0.2) is 24.4 Å². The first kappa shape index (κ1) is 21.9. The lowest BCUT2D eigenvalue weighted by atomic mass is 9.94. The molecule has 0 spiro atoms. The lowest BCUT2D eigenvalue weighted by Crippen LogP contribution is -2.43. The van der Waals surface area contributed by atoms with Crippen LogP contribution < -0.4 is 10.6 Å². The molecule has 1 saturated heterocycles. The average Bonchev–Trinajstić information content (AvgIpc) is 3.43. The highest BCUT2D eigenvalue weighted by atomic mass is 32.1. The normalized spacial score (nSPS) is 18.3. The zero-order valence-corrected chi connectivity index (χ0v) is 19.1. The number of aryl methyl sites for hydroxylation is 1. The molecule has 1 aliphatic heterocycles. The van der Waals surface area contributed by atoms with E-state index < -0.39 is 0 Å². The molecule has 31 heavy (non-hydrogen) atoms. The summed E-state index contributed by atoms with van der Waals surface area (Å²) in [4.78, 5) is 35.8. The number of hydrogen-bond donors (Lipinski definition) is 2. The van der Waals surface area contributed by atoms with Crippen molar-refractivity contribution in [3.8, 4) is 0 Å². The number of likely N-dealkylation sites (N-methyl/N-ethyl adjacent to an activating group) is 1.